The monoisotopic (exact) mass is 677 g/mol. The number of nitrogens with zero attached hydrogens (tertiary/aromatic N) is 3. The summed E-state index contributed by atoms with van der Waals surface area (Å²) in [7, 11) is 0. The highest BCUT2D eigenvalue weighted by molar-refractivity contribution is 6.07. The van der Waals surface area contributed by atoms with E-state index in [0.29, 0.717) is 5.82 Å². The third-order valence-corrected chi connectivity index (χ3v) is 9.90. The Labute approximate surface area is 306 Å². The average molecular weight is 678 g/mol. The van der Waals surface area contributed by atoms with Gasteiger partial charge in [0, 0.05) is 33.8 Å². The number of benzene rings is 7. The fourth-order valence-electron chi connectivity index (χ4n) is 7.25. The van der Waals surface area contributed by atoms with Gasteiger partial charge in [-0.3, -0.25) is 4.98 Å². The Bertz CT molecular complexity index is 2950. The molecule has 4 heteroatoms. The normalized spacial score (nSPS) is 11.4. The number of hydrogen-bond donors (Lipinski definition) is 0. The molecule has 0 saturated heterocycles. The lowest BCUT2D eigenvalue weighted by atomic mass is 9.94. The first kappa shape index (κ1) is 30.6. The summed E-state index contributed by atoms with van der Waals surface area (Å²) in [6.45, 7) is 0. The summed E-state index contributed by atoms with van der Waals surface area (Å²) in [5.74, 6) is 0.644. The van der Waals surface area contributed by atoms with Crippen molar-refractivity contribution in [1.29, 1.82) is 0 Å². The average Bonchev–Trinajstić information content (AvgIpc) is 3.63. The van der Waals surface area contributed by atoms with Gasteiger partial charge in [-0.25, -0.2) is 9.97 Å². The van der Waals surface area contributed by atoms with E-state index in [1.807, 2.05) is 54.7 Å². The van der Waals surface area contributed by atoms with Crippen molar-refractivity contribution in [1.82, 2.24) is 15.0 Å². The number of rotatable bonds is 6. The fraction of sp³-hybridized carbons (Fsp3) is 0. The van der Waals surface area contributed by atoms with Gasteiger partial charge >= 0.3 is 0 Å². The highest BCUT2D eigenvalue weighted by Crippen LogP contribution is 2.39. The van der Waals surface area contributed by atoms with Gasteiger partial charge in [0.2, 0.25) is 0 Å². The largest absolute Gasteiger partial charge is 0.454 e. The number of furan rings is 1. The van der Waals surface area contributed by atoms with Crippen LogP contribution in [-0.4, -0.2) is 15.0 Å². The minimum Gasteiger partial charge on any atom is -0.454 e. The molecule has 0 aliphatic carbocycles. The van der Waals surface area contributed by atoms with Gasteiger partial charge in [0.15, 0.2) is 11.4 Å². The Morgan fingerprint density at radius 1 is 0.377 bits per heavy atom. The lowest BCUT2D eigenvalue weighted by Gasteiger charge is -2.14. The zero-order valence-electron chi connectivity index (χ0n) is 28.6. The molecule has 0 spiro atoms. The maximum atomic E-state index is 6.49. The third-order valence-electron chi connectivity index (χ3n) is 9.90. The van der Waals surface area contributed by atoms with Crippen LogP contribution in [0.15, 0.2) is 193 Å². The van der Waals surface area contributed by atoms with Crippen molar-refractivity contribution in [2.24, 2.45) is 0 Å². The van der Waals surface area contributed by atoms with Crippen LogP contribution in [0.4, 0.5) is 0 Å². The van der Waals surface area contributed by atoms with Crippen molar-refractivity contribution in [3.05, 3.63) is 188 Å². The van der Waals surface area contributed by atoms with E-state index in [4.69, 9.17) is 19.4 Å². The number of fused-ring (bicyclic) bond motifs is 4. The van der Waals surface area contributed by atoms with E-state index in [9.17, 15) is 0 Å². The van der Waals surface area contributed by atoms with Crippen molar-refractivity contribution in [2.45, 2.75) is 0 Å². The van der Waals surface area contributed by atoms with Crippen LogP contribution < -0.4 is 0 Å². The summed E-state index contributed by atoms with van der Waals surface area (Å²) in [5, 5.41) is 3.38. The molecule has 0 fully saturated rings. The molecule has 0 aliphatic rings. The number of hydrogen-bond acceptors (Lipinski definition) is 4. The van der Waals surface area contributed by atoms with Crippen molar-refractivity contribution >= 4 is 32.8 Å². The number of para-hydroxylation sites is 1. The molecule has 0 saturated carbocycles. The number of pyridine rings is 1. The van der Waals surface area contributed by atoms with Crippen molar-refractivity contribution < 1.29 is 4.42 Å². The molecule has 10 rings (SSSR count). The highest BCUT2D eigenvalue weighted by Gasteiger charge is 2.18. The van der Waals surface area contributed by atoms with E-state index in [-0.39, 0.29) is 0 Å². The molecule has 0 amide bonds. The SMILES string of the molecule is c1ccc(-c2cccc(-c3cc(-c4ccccc4)nc(-c4cc(-c5ccc6ccccc6c5)cc(-c5ccnc6c5oc5ccccc56)c4)n3)c2)cc1. The second-order valence-corrected chi connectivity index (χ2v) is 13.3. The molecule has 0 N–H and O–H groups in total. The molecule has 3 heterocycles. The lowest BCUT2D eigenvalue weighted by molar-refractivity contribution is 0.669. The van der Waals surface area contributed by atoms with E-state index in [2.05, 4.69) is 133 Å². The van der Waals surface area contributed by atoms with Crippen LogP contribution in [-0.2, 0) is 0 Å². The van der Waals surface area contributed by atoms with Crippen LogP contribution in [0.3, 0.4) is 0 Å². The Hall–Kier alpha value is -7.17. The van der Waals surface area contributed by atoms with Gasteiger partial charge in [0.25, 0.3) is 0 Å². The molecule has 0 radical (unpaired) electrons. The minimum atomic E-state index is 0.644. The van der Waals surface area contributed by atoms with Gasteiger partial charge in [-0.1, -0.05) is 127 Å². The molecule has 248 valence electrons. The van der Waals surface area contributed by atoms with Crippen LogP contribution in [0.2, 0.25) is 0 Å². The van der Waals surface area contributed by atoms with E-state index in [0.717, 1.165) is 83.5 Å². The first-order valence-electron chi connectivity index (χ1n) is 17.8. The van der Waals surface area contributed by atoms with Gasteiger partial charge in [0.1, 0.15) is 11.1 Å². The van der Waals surface area contributed by atoms with Gasteiger partial charge in [-0.15, -0.1) is 0 Å². The quantitative estimate of drug-likeness (QED) is 0.176. The minimum absolute atomic E-state index is 0.644. The van der Waals surface area contributed by atoms with Gasteiger partial charge < -0.3 is 4.42 Å². The van der Waals surface area contributed by atoms with Crippen molar-refractivity contribution in [3.8, 4) is 67.3 Å². The van der Waals surface area contributed by atoms with Gasteiger partial charge in [0.05, 0.1) is 11.4 Å². The molecule has 7 aromatic carbocycles. The molecule has 0 atom stereocenters. The van der Waals surface area contributed by atoms with E-state index >= 15 is 0 Å². The molecule has 53 heavy (non-hydrogen) atoms. The van der Waals surface area contributed by atoms with Gasteiger partial charge in [-0.2, -0.15) is 0 Å². The van der Waals surface area contributed by atoms with Crippen LogP contribution in [0, 0.1) is 0 Å². The summed E-state index contributed by atoms with van der Waals surface area (Å²) in [4.78, 5) is 15.3. The predicted octanol–water partition coefficient (Wildman–Crippen LogP) is 12.9. The summed E-state index contributed by atoms with van der Waals surface area (Å²) in [6, 6.07) is 63.3. The first-order valence-corrected chi connectivity index (χ1v) is 17.8. The summed E-state index contributed by atoms with van der Waals surface area (Å²) < 4.78 is 6.49. The van der Waals surface area contributed by atoms with E-state index < -0.39 is 0 Å². The summed E-state index contributed by atoms with van der Waals surface area (Å²) in [6.07, 6.45) is 1.87. The van der Waals surface area contributed by atoms with Crippen LogP contribution in [0.1, 0.15) is 0 Å². The standard InChI is InChI=1S/C49H31N3O/c1-3-12-32(13-4-1)36-18-11-19-38(27-36)45-31-44(34-15-5-2-6-16-34)51-49(52-45)41-29-39(37-23-22-33-14-7-8-17-35(33)26-37)28-40(30-41)42-24-25-50-47-43-20-9-10-21-46(43)53-48(42)47/h1-31H. The second-order valence-electron chi connectivity index (χ2n) is 13.3. The Balaban J connectivity index is 1.21. The van der Waals surface area contributed by atoms with Gasteiger partial charge in [-0.05, 0) is 93.2 Å². The maximum absolute atomic E-state index is 6.49. The maximum Gasteiger partial charge on any atom is 0.161 e. The predicted molar refractivity (Wildman–Crippen MR) is 217 cm³/mol. The van der Waals surface area contributed by atoms with Crippen molar-refractivity contribution in [3.63, 3.8) is 0 Å². The first-order chi connectivity index (χ1) is 26.2. The molecular formula is C49H31N3O. The molecule has 0 unspecified atom stereocenters. The third kappa shape index (κ3) is 5.73. The molecule has 0 aliphatic heterocycles. The summed E-state index contributed by atoms with van der Waals surface area (Å²) >= 11 is 0. The highest BCUT2D eigenvalue weighted by atomic mass is 16.3. The Morgan fingerprint density at radius 3 is 1.85 bits per heavy atom. The Morgan fingerprint density at radius 2 is 1.00 bits per heavy atom. The smallest absolute Gasteiger partial charge is 0.161 e. The van der Waals surface area contributed by atoms with E-state index in [1.54, 1.807) is 0 Å². The van der Waals surface area contributed by atoms with Crippen LogP contribution >= 0.6 is 0 Å². The van der Waals surface area contributed by atoms with Crippen molar-refractivity contribution in [2.75, 3.05) is 0 Å². The number of aromatic nitrogens is 3. The fourth-order valence-corrected chi connectivity index (χ4v) is 7.25. The molecule has 4 nitrogen and oxygen atoms in total. The molecular weight excluding hydrogens is 647 g/mol. The van der Waals surface area contributed by atoms with Crippen LogP contribution in [0.5, 0.6) is 0 Å². The molecule has 0 bridgehead atoms. The lowest BCUT2D eigenvalue weighted by Crippen LogP contribution is -1.97. The topological polar surface area (TPSA) is 51.8 Å². The molecule has 10 aromatic rings. The van der Waals surface area contributed by atoms with E-state index in [1.165, 1.54) is 10.8 Å². The second kappa shape index (κ2) is 12.9. The van der Waals surface area contributed by atoms with Crippen LogP contribution in [0.25, 0.3) is 100 Å². The zero-order valence-corrected chi connectivity index (χ0v) is 28.6. The Kier molecular flexibility index (Phi) is 7.43. The summed E-state index contributed by atoms with van der Waals surface area (Å²) in [5.41, 5.74) is 13.5. The zero-order chi connectivity index (χ0) is 35.1. The molecule has 3 aromatic heterocycles.